The lowest BCUT2D eigenvalue weighted by Crippen LogP contribution is -2.39. The van der Waals surface area contributed by atoms with Crippen molar-refractivity contribution in [3.63, 3.8) is 0 Å². The van der Waals surface area contributed by atoms with E-state index in [1.165, 1.54) is 16.9 Å². The van der Waals surface area contributed by atoms with E-state index in [0.717, 1.165) is 55.2 Å². The molecule has 1 fully saturated rings. The minimum atomic E-state index is 0.222. The van der Waals surface area contributed by atoms with Crippen LogP contribution in [0.3, 0.4) is 0 Å². The number of carbonyl (C=O) groups is 1. The van der Waals surface area contributed by atoms with Gasteiger partial charge in [0.1, 0.15) is 5.82 Å². The fourth-order valence-electron chi connectivity index (χ4n) is 3.98. The fraction of sp³-hybridized carbons (Fsp3) is 0.556. The second-order valence-electron chi connectivity index (χ2n) is 6.85. The van der Waals surface area contributed by atoms with E-state index in [-0.39, 0.29) is 5.91 Å². The highest BCUT2D eigenvalue weighted by molar-refractivity contribution is 7.14. The van der Waals surface area contributed by atoms with E-state index >= 15 is 0 Å². The zero-order valence-corrected chi connectivity index (χ0v) is 14.7. The van der Waals surface area contributed by atoms with Crippen LogP contribution in [-0.4, -0.2) is 33.4 Å². The van der Waals surface area contributed by atoms with Gasteiger partial charge < -0.3 is 9.47 Å². The maximum atomic E-state index is 12.9. The number of piperidine rings is 1. The van der Waals surface area contributed by atoms with Gasteiger partial charge in [-0.3, -0.25) is 4.79 Å². The molecule has 0 N–H and O–H groups in total. The summed E-state index contributed by atoms with van der Waals surface area (Å²) in [7, 11) is 2.06. The molecule has 4 rings (SSSR count). The summed E-state index contributed by atoms with van der Waals surface area (Å²) >= 11 is 1.72. The Morgan fingerprint density at radius 3 is 2.96 bits per heavy atom. The maximum Gasteiger partial charge on any atom is 0.263 e. The van der Waals surface area contributed by atoms with Crippen LogP contribution < -0.4 is 0 Å². The molecule has 1 aliphatic carbocycles. The third-order valence-corrected chi connectivity index (χ3v) is 6.29. The quantitative estimate of drug-likeness (QED) is 0.848. The van der Waals surface area contributed by atoms with Crippen molar-refractivity contribution >= 4 is 17.2 Å². The minimum absolute atomic E-state index is 0.222. The van der Waals surface area contributed by atoms with Gasteiger partial charge in [0.15, 0.2) is 0 Å². The molecule has 1 amide bonds. The molecule has 0 spiro atoms. The summed E-state index contributed by atoms with van der Waals surface area (Å²) in [5.41, 5.74) is 2.47. The molecule has 0 unspecified atom stereocenters. The maximum absolute atomic E-state index is 12.9. The Bertz CT molecular complexity index is 724. The van der Waals surface area contributed by atoms with Crippen LogP contribution in [0, 0.1) is 6.92 Å². The molecule has 2 aromatic rings. The van der Waals surface area contributed by atoms with Crippen molar-refractivity contribution in [3.05, 3.63) is 39.1 Å². The highest BCUT2D eigenvalue weighted by atomic mass is 32.1. The van der Waals surface area contributed by atoms with Crippen LogP contribution in [0.2, 0.25) is 0 Å². The zero-order chi connectivity index (χ0) is 16.0. The van der Waals surface area contributed by atoms with Gasteiger partial charge in [0.05, 0.1) is 10.6 Å². The van der Waals surface area contributed by atoms with Gasteiger partial charge in [-0.2, -0.15) is 0 Å². The lowest BCUT2D eigenvalue weighted by Gasteiger charge is -2.32. The topological polar surface area (TPSA) is 38.1 Å². The summed E-state index contributed by atoms with van der Waals surface area (Å²) in [5, 5.41) is 0. The lowest BCUT2D eigenvalue weighted by molar-refractivity contribution is 0.0708. The molecule has 0 radical (unpaired) electrons. The number of likely N-dealkylation sites (tertiary alicyclic amines) is 1. The number of fused-ring (bicyclic) bond motifs is 1. The Hall–Kier alpha value is -1.62. The molecular formula is C18H23N3OS. The van der Waals surface area contributed by atoms with Crippen molar-refractivity contribution in [1.29, 1.82) is 0 Å². The van der Waals surface area contributed by atoms with Gasteiger partial charge in [-0.25, -0.2) is 4.98 Å². The van der Waals surface area contributed by atoms with Gasteiger partial charge in [-0.05, 0) is 50.7 Å². The van der Waals surface area contributed by atoms with Gasteiger partial charge in [0.25, 0.3) is 5.91 Å². The number of aryl methyl sites for hydroxylation is 4. The molecule has 0 bridgehead atoms. The molecule has 1 saturated heterocycles. The Balaban J connectivity index is 1.52. The van der Waals surface area contributed by atoms with Gasteiger partial charge in [0.2, 0.25) is 0 Å². The Morgan fingerprint density at radius 2 is 2.22 bits per heavy atom. The Morgan fingerprint density at radius 1 is 1.35 bits per heavy atom. The molecule has 1 atom stereocenters. The monoisotopic (exact) mass is 329 g/mol. The second kappa shape index (κ2) is 5.78. The zero-order valence-electron chi connectivity index (χ0n) is 13.8. The van der Waals surface area contributed by atoms with Gasteiger partial charge >= 0.3 is 0 Å². The molecule has 0 saturated carbocycles. The van der Waals surface area contributed by atoms with Gasteiger partial charge in [0, 0.05) is 37.1 Å². The first kappa shape index (κ1) is 14.9. The van der Waals surface area contributed by atoms with Crippen molar-refractivity contribution in [2.24, 2.45) is 7.05 Å². The van der Waals surface area contributed by atoms with Crippen molar-refractivity contribution in [1.82, 2.24) is 14.5 Å². The number of thiophene rings is 1. The number of imidazole rings is 1. The highest BCUT2D eigenvalue weighted by Crippen LogP contribution is 2.33. The third kappa shape index (κ3) is 2.71. The van der Waals surface area contributed by atoms with E-state index in [1.54, 1.807) is 11.3 Å². The average molecular weight is 329 g/mol. The Labute approximate surface area is 141 Å². The molecule has 23 heavy (non-hydrogen) atoms. The van der Waals surface area contributed by atoms with E-state index in [0.29, 0.717) is 5.92 Å². The van der Waals surface area contributed by atoms with E-state index in [1.807, 2.05) is 11.8 Å². The molecule has 1 aliphatic heterocycles. The summed E-state index contributed by atoms with van der Waals surface area (Å²) < 4.78 is 2.12. The highest BCUT2D eigenvalue weighted by Gasteiger charge is 2.29. The molecule has 2 aromatic heterocycles. The summed E-state index contributed by atoms with van der Waals surface area (Å²) in [6.07, 6.45) is 7.80. The summed E-state index contributed by atoms with van der Waals surface area (Å²) in [4.78, 5) is 22.0. The third-order valence-electron chi connectivity index (χ3n) is 5.06. The minimum Gasteiger partial charge on any atom is -0.337 e. The standard InChI is InChI=1S/C18H23N3OS/c1-12-10-20(2)17(19-12)14-6-4-8-21(11-14)18(22)16-9-13-5-3-7-15(13)23-16/h9-10,14H,3-8,11H2,1-2H3/t14-/m1/s1. The van der Waals surface area contributed by atoms with E-state index in [4.69, 9.17) is 0 Å². The number of rotatable bonds is 2. The van der Waals surface area contributed by atoms with Gasteiger partial charge in [-0.1, -0.05) is 0 Å². The molecular weight excluding hydrogens is 306 g/mol. The van der Waals surface area contributed by atoms with Crippen LogP contribution in [-0.2, 0) is 19.9 Å². The van der Waals surface area contributed by atoms with Crippen molar-refractivity contribution in [3.8, 4) is 0 Å². The van der Waals surface area contributed by atoms with Crippen LogP contribution >= 0.6 is 11.3 Å². The lowest BCUT2D eigenvalue weighted by atomic mass is 9.97. The number of hydrogen-bond acceptors (Lipinski definition) is 3. The van der Waals surface area contributed by atoms with E-state index in [2.05, 4.69) is 28.9 Å². The average Bonchev–Trinajstić information content (AvgIpc) is 3.21. The normalized spacial score (nSPS) is 20.8. The van der Waals surface area contributed by atoms with Crippen molar-refractivity contribution in [2.45, 2.75) is 44.9 Å². The molecule has 0 aromatic carbocycles. The molecule has 122 valence electrons. The first-order chi connectivity index (χ1) is 11.1. The summed E-state index contributed by atoms with van der Waals surface area (Å²) in [6.45, 7) is 3.70. The second-order valence-corrected chi connectivity index (χ2v) is 7.99. The smallest absolute Gasteiger partial charge is 0.263 e. The SMILES string of the molecule is Cc1cn(C)c([C@@H]2CCCN(C(=O)c3cc4c(s3)CCC4)C2)n1. The molecule has 5 heteroatoms. The Kier molecular flexibility index (Phi) is 3.76. The molecule has 3 heterocycles. The molecule has 2 aliphatic rings. The van der Waals surface area contributed by atoms with Gasteiger partial charge in [-0.15, -0.1) is 11.3 Å². The van der Waals surface area contributed by atoms with Crippen LogP contribution in [0.25, 0.3) is 0 Å². The number of amides is 1. The number of nitrogens with zero attached hydrogens (tertiary/aromatic N) is 3. The largest absolute Gasteiger partial charge is 0.337 e. The number of carbonyl (C=O) groups excluding carboxylic acids is 1. The summed E-state index contributed by atoms with van der Waals surface area (Å²) in [5.74, 6) is 1.70. The van der Waals surface area contributed by atoms with E-state index in [9.17, 15) is 4.79 Å². The predicted octanol–water partition coefficient (Wildman–Crippen LogP) is 3.30. The predicted molar refractivity (Wildman–Crippen MR) is 92.2 cm³/mol. The molecule has 4 nitrogen and oxygen atoms in total. The van der Waals surface area contributed by atoms with Crippen LogP contribution in [0.15, 0.2) is 12.3 Å². The first-order valence-corrected chi connectivity index (χ1v) is 9.34. The van der Waals surface area contributed by atoms with Crippen LogP contribution in [0.4, 0.5) is 0 Å². The summed E-state index contributed by atoms with van der Waals surface area (Å²) in [6, 6.07) is 2.14. The number of aromatic nitrogens is 2. The van der Waals surface area contributed by atoms with Crippen LogP contribution in [0.1, 0.15) is 56.8 Å². The van der Waals surface area contributed by atoms with Crippen molar-refractivity contribution < 1.29 is 4.79 Å². The van der Waals surface area contributed by atoms with Crippen LogP contribution in [0.5, 0.6) is 0 Å². The van der Waals surface area contributed by atoms with Crippen molar-refractivity contribution in [2.75, 3.05) is 13.1 Å². The first-order valence-electron chi connectivity index (χ1n) is 8.52. The number of hydrogen-bond donors (Lipinski definition) is 0. The fourth-order valence-corrected chi connectivity index (χ4v) is 5.20. The van der Waals surface area contributed by atoms with E-state index < -0.39 is 0 Å².